The van der Waals surface area contributed by atoms with Crippen molar-refractivity contribution in [3.63, 3.8) is 0 Å². The number of rotatable bonds is 7. The number of nitrogens with zero attached hydrogens (tertiary/aromatic N) is 1. The average molecular weight is 465 g/mol. The topological polar surface area (TPSA) is 92.8 Å². The van der Waals surface area contributed by atoms with E-state index >= 15 is 0 Å². The number of aryl methyl sites for hydroxylation is 1. The summed E-state index contributed by atoms with van der Waals surface area (Å²) in [4.78, 5) is 24.3. The van der Waals surface area contributed by atoms with Crippen molar-refractivity contribution in [2.45, 2.75) is 37.5 Å². The Morgan fingerprint density at radius 2 is 1.74 bits per heavy atom. The van der Waals surface area contributed by atoms with E-state index in [0.717, 1.165) is 31.2 Å². The van der Waals surface area contributed by atoms with E-state index in [0.29, 0.717) is 18.8 Å². The van der Waals surface area contributed by atoms with Crippen molar-refractivity contribution in [3.8, 4) is 0 Å². The number of piperidine rings is 1. The zero-order chi connectivity index (χ0) is 22.4. The van der Waals surface area contributed by atoms with Crippen molar-refractivity contribution in [1.29, 1.82) is 0 Å². The van der Waals surface area contributed by atoms with Crippen LogP contribution in [-0.4, -0.2) is 44.3 Å². The third-order valence-corrected chi connectivity index (χ3v) is 7.46. The fraction of sp³-hybridized carbons (Fsp3) is 0.364. The maximum absolute atomic E-state index is 12.9. The number of halogens is 1. The number of carbonyl (C=O) groups excluding carboxylic acids is 2. The second-order valence-electron chi connectivity index (χ2n) is 7.28. The summed E-state index contributed by atoms with van der Waals surface area (Å²) in [6, 6.07) is 11.3. The molecule has 9 heteroatoms. The Hall–Kier alpha value is -2.42. The fourth-order valence-corrected chi connectivity index (χ4v) is 5.33. The first-order chi connectivity index (χ1) is 14.8. The summed E-state index contributed by atoms with van der Waals surface area (Å²) in [6.45, 7) is 2.39. The molecule has 1 aliphatic heterocycles. The van der Waals surface area contributed by atoms with Crippen molar-refractivity contribution in [1.82, 2.24) is 4.31 Å². The molecule has 0 bridgehead atoms. The third kappa shape index (κ3) is 5.84. The lowest BCUT2D eigenvalue weighted by Gasteiger charge is -2.26. The summed E-state index contributed by atoms with van der Waals surface area (Å²) < 4.78 is 32.3. The predicted octanol–water partition coefficient (Wildman–Crippen LogP) is 3.87. The minimum absolute atomic E-state index is 0.0140. The lowest BCUT2D eigenvalue weighted by Crippen LogP contribution is -2.35. The van der Waals surface area contributed by atoms with Crippen LogP contribution in [0, 0.1) is 0 Å². The van der Waals surface area contributed by atoms with Crippen molar-refractivity contribution in [2.75, 3.05) is 25.0 Å². The van der Waals surface area contributed by atoms with Gasteiger partial charge in [-0.25, -0.2) is 13.2 Å². The minimum Gasteiger partial charge on any atom is -0.452 e. The molecule has 166 valence electrons. The van der Waals surface area contributed by atoms with Crippen LogP contribution in [0.3, 0.4) is 0 Å². The monoisotopic (exact) mass is 464 g/mol. The molecule has 31 heavy (non-hydrogen) atoms. The molecule has 0 aliphatic carbocycles. The number of carbonyl (C=O) groups is 2. The molecule has 0 saturated carbocycles. The highest BCUT2D eigenvalue weighted by molar-refractivity contribution is 7.89. The van der Waals surface area contributed by atoms with E-state index in [9.17, 15) is 18.0 Å². The Bertz CT molecular complexity index is 1050. The SMILES string of the molecule is CCc1ccc(NC(=O)COC(=O)c2ccc(Cl)c(S(=O)(=O)N3CCCCC3)c2)cc1. The molecule has 3 rings (SSSR count). The first kappa shape index (κ1) is 23.2. The highest BCUT2D eigenvalue weighted by atomic mass is 35.5. The Balaban J connectivity index is 1.65. The highest BCUT2D eigenvalue weighted by Gasteiger charge is 2.29. The Labute approximate surface area is 187 Å². The zero-order valence-corrected chi connectivity index (χ0v) is 18.8. The maximum atomic E-state index is 12.9. The van der Waals surface area contributed by atoms with Crippen LogP contribution in [0.4, 0.5) is 5.69 Å². The molecule has 1 amide bonds. The second kappa shape index (κ2) is 10.3. The van der Waals surface area contributed by atoms with E-state index in [2.05, 4.69) is 5.32 Å². The van der Waals surface area contributed by atoms with Crippen LogP contribution in [0.1, 0.15) is 42.1 Å². The second-order valence-corrected chi connectivity index (χ2v) is 9.60. The molecule has 1 heterocycles. The summed E-state index contributed by atoms with van der Waals surface area (Å²) in [5.74, 6) is -1.30. The van der Waals surface area contributed by atoms with E-state index in [1.807, 2.05) is 19.1 Å². The van der Waals surface area contributed by atoms with Gasteiger partial charge in [0.05, 0.1) is 10.6 Å². The van der Waals surface area contributed by atoms with E-state index < -0.39 is 28.5 Å². The van der Waals surface area contributed by atoms with E-state index in [1.165, 1.54) is 22.5 Å². The number of esters is 1. The Morgan fingerprint density at radius 3 is 2.39 bits per heavy atom. The smallest absolute Gasteiger partial charge is 0.338 e. The van der Waals surface area contributed by atoms with Crippen LogP contribution in [-0.2, 0) is 26.0 Å². The van der Waals surface area contributed by atoms with Gasteiger partial charge in [-0.2, -0.15) is 4.31 Å². The van der Waals surface area contributed by atoms with Crippen LogP contribution in [0.25, 0.3) is 0 Å². The molecule has 0 aromatic heterocycles. The molecule has 2 aromatic carbocycles. The van der Waals surface area contributed by atoms with Crippen molar-refractivity contribution >= 4 is 39.2 Å². The minimum atomic E-state index is -3.81. The summed E-state index contributed by atoms with van der Waals surface area (Å²) in [7, 11) is -3.81. The van der Waals surface area contributed by atoms with Gasteiger partial charge in [0.15, 0.2) is 6.61 Å². The summed E-state index contributed by atoms with van der Waals surface area (Å²) in [6.07, 6.45) is 3.45. The lowest BCUT2D eigenvalue weighted by atomic mass is 10.1. The van der Waals surface area contributed by atoms with Gasteiger partial charge in [-0.3, -0.25) is 4.79 Å². The number of sulfonamides is 1. The van der Waals surface area contributed by atoms with Gasteiger partial charge in [0.2, 0.25) is 10.0 Å². The fourth-order valence-electron chi connectivity index (χ4n) is 3.31. The molecule has 1 N–H and O–H groups in total. The molecular formula is C22H25ClN2O5S. The van der Waals surface area contributed by atoms with Gasteiger partial charge >= 0.3 is 5.97 Å². The first-order valence-corrected chi connectivity index (χ1v) is 12.0. The molecule has 1 fully saturated rings. The maximum Gasteiger partial charge on any atom is 0.338 e. The van der Waals surface area contributed by atoms with Gasteiger partial charge in [-0.15, -0.1) is 0 Å². The normalized spacial score (nSPS) is 14.8. The van der Waals surface area contributed by atoms with Gasteiger partial charge in [0, 0.05) is 18.8 Å². The molecule has 1 saturated heterocycles. The number of benzene rings is 2. The van der Waals surface area contributed by atoms with Crippen molar-refractivity contribution < 1.29 is 22.7 Å². The van der Waals surface area contributed by atoms with Gasteiger partial charge in [-0.1, -0.05) is 37.1 Å². The largest absolute Gasteiger partial charge is 0.452 e. The first-order valence-electron chi connectivity index (χ1n) is 10.2. The molecule has 0 radical (unpaired) electrons. The van der Waals surface area contributed by atoms with E-state index in [-0.39, 0.29) is 15.5 Å². The molecule has 0 unspecified atom stereocenters. The number of nitrogens with one attached hydrogen (secondary N) is 1. The van der Waals surface area contributed by atoms with Crippen LogP contribution >= 0.6 is 11.6 Å². The van der Waals surface area contributed by atoms with E-state index in [4.69, 9.17) is 16.3 Å². The standard InChI is InChI=1S/C22H25ClN2O5S/c1-2-16-6-9-18(10-7-16)24-21(26)15-30-22(27)17-8-11-19(23)20(14-17)31(28,29)25-12-4-3-5-13-25/h6-11,14H,2-5,12-13,15H2,1H3,(H,24,26). The van der Waals surface area contributed by atoms with Crippen LogP contribution < -0.4 is 5.32 Å². The van der Waals surface area contributed by atoms with Crippen molar-refractivity contribution in [3.05, 3.63) is 58.6 Å². The van der Waals surface area contributed by atoms with Crippen LogP contribution in [0.2, 0.25) is 5.02 Å². The molecular weight excluding hydrogens is 440 g/mol. The lowest BCUT2D eigenvalue weighted by molar-refractivity contribution is -0.119. The highest BCUT2D eigenvalue weighted by Crippen LogP contribution is 2.28. The number of anilines is 1. The molecule has 1 aliphatic rings. The number of amides is 1. The van der Waals surface area contributed by atoms with Gasteiger partial charge in [-0.05, 0) is 55.2 Å². The summed E-state index contributed by atoms with van der Waals surface area (Å²) in [5, 5.41) is 2.69. The van der Waals surface area contributed by atoms with Crippen LogP contribution in [0.15, 0.2) is 47.4 Å². The number of ether oxygens (including phenoxy) is 1. The molecule has 0 atom stereocenters. The van der Waals surface area contributed by atoms with Crippen molar-refractivity contribution in [2.24, 2.45) is 0 Å². The Morgan fingerprint density at radius 1 is 1.06 bits per heavy atom. The van der Waals surface area contributed by atoms with Gasteiger partial charge < -0.3 is 10.1 Å². The Kier molecular flexibility index (Phi) is 7.69. The van der Waals surface area contributed by atoms with Crippen LogP contribution in [0.5, 0.6) is 0 Å². The zero-order valence-electron chi connectivity index (χ0n) is 17.3. The quantitative estimate of drug-likeness (QED) is 0.628. The molecule has 2 aromatic rings. The van der Waals surface area contributed by atoms with Gasteiger partial charge in [0.25, 0.3) is 5.91 Å². The molecule has 7 nitrogen and oxygen atoms in total. The summed E-state index contributed by atoms with van der Waals surface area (Å²) in [5.41, 5.74) is 1.75. The van der Waals surface area contributed by atoms with E-state index in [1.54, 1.807) is 12.1 Å². The predicted molar refractivity (Wildman–Crippen MR) is 119 cm³/mol. The molecule has 0 spiro atoms. The third-order valence-electron chi connectivity index (χ3n) is 5.08. The number of hydrogen-bond acceptors (Lipinski definition) is 5. The summed E-state index contributed by atoms with van der Waals surface area (Å²) >= 11 is 6.12. The number of hydrogen-bond donors (Lipinski definition) is 1. The van der Waals surface area contributed by atoms with Gasteiger partial charge in [0.1, 0.15) is 4.90 Å². The average Bonchev–Trinajstić information content (AvgIpc) is 2.78.